The van der Waals surface area contributed by atoms with Crippen molar-refractivity contribution in [3.05, 3.63) is 35.6 Å². The van der Waals surface area contributed by atoms with Crippen molar-refractivity contribution in [2.75, 3.05) is 0 Å². The number of hydrogen-bond acceptors (Lipinski definition) is 2. The van der Waals surface area contributed by atoms with Crippen LogP contribution >= 0.6 is 0 Å². The van der Waals surface area contributed by atoms with E-state index in [-0.39, 0.29) is 10.8 Å². The summed E-state index contributed by atoms with van der Waals surface area (Å²) in [6.45, 7) is 4.63. The van der Waals surface area contributed by atoms with Crippen LogP contribution < -0.4 is 0 Å². The maximum Gasteiger partial charge on any atom is 0.0944 e. The van der Waals surface area contributed by atoms with Crippen LogP contribution in [0, 0.1) is 28.6 Å². The lowest BCUT2D eigenvalue weighted by atomic mass is 9.48. The monoisotopic (exact) mass is 286 g/mol. The van der Waals surface area contributed by atoms with Gasteiger partial charge >= 0.3 is 0 Å². The molecule has 0 radical (unpaired) electrons. The van der Waals surface area contributed by atoms with Crippen molar-refractivity contribution in [2.45, 2.75) is 52.1 Å². The Morgan fingerprint density at radius 1 is 1.19 bits per heavy atom. The second-order valence-electron chi connectivity index (χ2n) is 8.02. The highest BCUT2D eigenvalue weighted by Crippen LogP contribution is 2.64. The molecule has 0 bridgehead atoms. The summed E-state index contributed by atoms with van der Waals surface area (Å²) < 4.78 is 0. The summed E-state index contributed by atoms with van der Waals surface area (Å²) in [7, 11) is 0. The fraction of sp³-hybridized carbons (Fsp3) is 0.684. The van der Waals surface area contributed by atoms with Gasteiger partial charge in [0.05, 0.1) is 11.9 Å². The Labute approximate surface area is 127 Å². The summed E-state index contributed by atoms with van der Waals surface area (Å²) >= 11 is 0. The molecule has 4 aliphatic rings. The Bertz CT molecular complexity index is 558. The average Bonchev–Trinajstić information content (AvgIpc) is 2.76. The van der Waals surface area contributed by atoms with Gasteiger partial charge in [-0.15, -0.1) is 0 Å². The van der Waals surface area contributed by atoms with E-state index < -0.39 is 6.10 Å². The fourth-order valence-electron chi connectivity index (χ4n) is 5.86. The molecule has 6 atom stereocenters. The molecule has 0 aromatic rings. The minimum absolute atomic E-state index is 0.0244. The number of hydrogen-bond donors (Lipinski definition) is 2. The molecule has 114 valence electrons. The van der Waals surface area contributed by atoms with Crippen LogP contribution in [0.4, 0.5) is 0 Å². The number of aliphatic hydroxyl groups excluding tert-OH is 2. The van der Waals surface area contributed by atoms with Crippen molar-refractivity contribution in [3.63, 3.8) is 0 Å². The van der Waals surface area contributed by atoms with Gasteiger partial charge in [-0.3, -0.25) is 0 Å². The van der Waals surface area contributed by atoms with Crippen molar-refractivity contribution in [2.24, 2.45) is 28.6 Å². The summed E-state index contributed by atoms with van der Waals surface area (Å²) in [5.41, 5.74) is 1.59. The lowest BCUT2D eigenvalue weighted by Gasteiger charge is -2.56. The van der Waals surface area contributed by atoms with E-state index in [0.717, 1.165) is 19.3 Å². The van der Waals surface area contributed by atoms with E-state index in [4.69, 9.17) is 0 Å². The largest absolute Gasteiger partial charge is 0.512 e. The first-order chi connectivity index (χ1) is 9.95. The van der Waals surface area contributed by atoms with Crippen molar-refractivity contribution in [3.8, 4) is 0 Å². The number of aliphatic hydroxyl groups is 2. The predicted molar refractivity (Wildman–Crippen MR) is 83.7 cm³/mol. The highest BCUT2D eigenvalue weighted by atomic mass is 16.3. The third-order valence-electron chi connectivity index (χ3n) is 7.20. The van der Waals surface area contributed by atoms with Crippen molar-refractivity contribution >= 4 is 0 Å². The fourth-order valence-corrected chi connectivity index (χ4v) is 5.86. The molecule has 0 unspecified atom stereocenters. The number of rotatable bonds is 0. The Morgan fingerprint density at radius 2 is 2.00 bits per heavy atom. The quantitative estimate of drug-likeness (QED) is 0.657. The molecular weight excluding hydrogens is 260 g/mol. The maximum absolute atomic E-state index is 10.3. The van der Waals surface area contributed by atoms with Crippen LogP contribution in [0.3, 0.4) is 0 Å². The lowest BCUT2D eigenvalue weighted by Crippen LogP contribution is -2.49. The van der Waals surface area contributed by atoms with Gasteiger partial charge in [-0.25, -0.2) is 0 Å². The first kappa shape index (κ1) is 13.6. The third-order valence-corrected chi connectivity index (χ3v) is 7.20. The second kappa shape index (κ2) is 4.25. The molecule has 2 N–H and O–H groups in total. The molecule has 2 heteroatoms. The van der Waals surface area contributed by atoms with Gasteiger partial charge < -0.3 is 10.2 Å². The predicted octanol–water partition coefficient (Wildman–Crippen LogP) is 4.14. The Balaban J connectivity index is 1.70. The molecule has 0 aromatic heterocycles. The molecule has 0 saturated heterocycles. The van der Waals surface area contributed by atoms with Gasteiger partial charge in [0.25, 0.3) is 0 Å². The van der Waals surface area contributed by atoms with Crippen LogP contribution in [0.5, 0.6) is 0 Å². The molecule has 4 rings (SSSR count). The molecule has 4 aliphatic carbocycles. The van der Waals surface area contributed by atoms with Gasteiger partial charge in [0.15, 0.2) is 0 Å². The zero-order chi connectivity index (χ0) is 14.8. The Hall–Kier alpha value is -1.02. The van der Waals surface area contributed by atoms with Gasteiger partial charge in [-0.05, 0) is 55.9 Å². The van der Waals surface area contributed by atoms with Crippen molar-refractivity contribution < 1.29 is 10.2 Å². The van der Waals surface area contributed by atoms with Crippen LogP contribution in [0.25, 0.3) is 0 Å². The van der Waals surface area contributed by atoms with E-state index in [0.29, 0.717) is 23.5 Å². The zero-order valence-corrected chi connectivity index (χ0v) is 13.0. The Kier molecular flexibility index (Phi) is 2.76. The molecule has 0 amide bonds. The topological polar surface area (TPSA) is 40.5 Å². The van der Waals surface area contributed by atoms with Gasteiger partial charge in [0.1, 0.15) is 0 Å². The molecule has 0 aliphatic heterocycles. The first-order valence-corrected chi connectivity index (χ1v) is 8.43. The van der Waals surface area contributed by atoms with Gasteiger partial charge in [-0.2, -0.15) is 0 Å². The van der Waals surface area contributed by atoms with Crippen LogP contribution in [0.2, 0.25) is 0 Å². The summed E-state index contributed by atoms with van der Waals surface area (Å²) in [6, 6.07) is 0. The highest BCUT2D eigenvalue weighted by molar-refractivity contribution is 5.34. The smallest absolute Gasteiger partial charge is 0.0944 e. The standard InChI is InChI=1S/C19H26O2/c1-18-9-7-13(20)11-12(18)3-4-14-15-5-6-17(21)19(15,2)10-8-16(14)18/h6-7,9,11,13-16,20-21H,3-5,8,10H2,1-2H3/t13-,14-,15-,16-,18-,19-/m0/s1. The molecule has 2 saturated carbocycles. The molecule has 0 spiro atoms. The third kappa shape index (κ3) is 1.69. The van der Waals surface area contributed by atoms with Crippen molar-refractivity contribution in [1.82, 2.24) is 0 Å². The van der Waals surface area contributed by atoms with Gasteiger partial charge in [0.2, 0.25) is 0 Å². The molecule has 0 heterocycles. The maximum atomic E-state index is 10.3. The summed E-state index contributed by atoms with van der Waals surface area (Å²) in [6.07, 6.45) is 13.6. The van der Waals surface area contributed by atoms with E-state index in [1.54, 1.807) is 0 Å². The lowest BCUT2D eigenvalue weighted by molar-refractivity contribution is -0.0211. The van der Waals surface area contributed by atoms with Crippen LogP contribution in [-0.4, -0.2) is 16.3 Å². The highest BCUT2D eigenvalue weighted by Gasteiger charge is 2.56. The summed E-state index contributed by atoms with van der Waals surface area (Å²) in [5.74, 6) is 2.62. The van der Waals surface area contributed by atoms with Crippen molar-refractivity contribution in [1.29, 1.82) is 0 Å². The van der Waals surface area contributed by atoms with E-state index >= 15 is 0 Å². The molecular formula is C19H26O2. The molecule has 0 aromatic carbocycles. The SMILES string of the molecule is C[C@]12C=C[C@H](O)C=C1CC[C@@H]1[C@@H]2CC[C@]2(C)C(O)=CC[C@@H]12. The van der Waals surface area contributed by atoms with E-state index in [1.807, 2.05) is 6.08 Å². The average molecular weight is 286 g/mol. The molecule has 21 heavy (non-hydrogen) atoms. The zero-order valence-electron chi connectivity index (χ0n) is 13.0. The minimum Gasteiger partial charge on any atom is -0.512 e. The minimum atomic E-state index is -0.393. The molecule has 2 fully saturated rings. The van der Waals surface area contributed by atoms with Crippen LogP contribution in [0.1, 0.15) is 46.0 Å². The van der Waals surface area contributed by atoms with Crippen LogP contribution in [-0.2, 0) is 0 Å². The second-order valence-corrected chi connectivity index (χ2v) is 8.02. The van der Waals surface area contributed by atoms with Gasteiger partial charge in [-0.1, -0.05) is 37.6 Å². The number of fused-ring (bicyclic) bond motifs is 5. The summed E-state index contributed by atoms with van der Waals surface area (Å²) in [5, 5.41) is 20.2. The summed E-state index contributed by atoms with van der Waals surface area (Å²) in [4.78, 5) is 0. The first-order valence-electron chi connectivity index (χ1n) is 8.43. The molecule has 2 nitrogen and oxygen atoms in total. The number of allylic oxidation sites excluding steroid dienone is 4. The normalized spacial score (nSPS) is 51.6. The van der Waals surface area contributed by atoms with Gasteiger partial charge in [0, 0.05) is 10.8 Å². The van der Waals surface area contributed by atoms with E-state index in [2.05, 4.69) is 32.1 Å². The van der Waals surface area contributed by atoms with E-state index in [1.165, 1.54) is 18.4 Å². The van der Waals surface area contributed by atoms with E-state index in [9.17, 15) is 10.2 Å². The van der Waals surface area contributed by atoms with Crippen LogP contribution in [0.15, 0.2) is 35.6 Å². The Morgan fingerprint density at radius 3 is 2.81 bits per heavy atom.